The highest BCUT2D eigenvalue weighted by Gasteiger charge is 2.21. The number of nitrogen functional groups attached to an aromatic ring is 1. The van der Waals surface area contributed by atoms with Crippen LogP contribution in [0.2, 0.25) is 0 Å². The molecule has 0 amide bonds. The summed E-state index contributed by atoms with van der Waals surface area (Å²) in [5.74, 6) is -0.104. The quantitative estimate of drug-likeness (QED) is 0.624. The van der Waals surface area contributed by atoms with Gasteiger partial charge >= 0.3 is 5.97 Å². The van der Waals surface area contributed by atoms with Crippen molar-refractivity contribution in [1.82, 2.24) is 0 Å². The van der Waals surface area contributed by atoms with E-state index in [0.717, 1.165) is 24.1 Å². The number of carbonyl (C=O) groups excluding carboxylic acids is 1. The van der Waals surface area contributed by atoms with Gasteiger partial charge in [0.15, 0.2) is 0 Å². The monoisotopic (exact) mass is 219 g/mol. The third-order valence-electron chi connectivity index (χ3n) is 3.00. The maximum Gasteiger partial charge on any atom is 0.306 e. The standard InChI is InChI=1S/C13H17NO2/c14-12-7-2-1-4-10(12)8-9-13(15)16-11-5-3-6-11/h1-2,4,7,11H,3,5-6,8-9,14H2. The number of benzene rings is 1. The molecule has 1 aliphatic carbocycles. The lowest BCUT2D eigenvalue weighted by atomic mass is 9.96. The normalized spacial score (nSPS) is 15.5. The van der Waals surface area contributed by atoms with Gasteiger partial charge in [-0.05, 0) is 37.3 Å². The number of hydrogen-bond acceptors (Lipinski definition) is 3. The van der Waals surface area contributed by atoms with Crippen LogP contribution in [0.5, 0.6) is 0 Å². The summed E-state index contributed by atoms with van der Waals surface area (Å²) in [4.78, 5) is 11.5. The summed E-state index contributed by atoms with van der Waals surface area (Å²) in [6.07, 6.45) is 4.51. The minimum atomic E-state index is -0.104. The van der Waals surface area contributed by atoms with Crippen molar-refractivity contribution in [3.05, 3.63) is 29.8 Å². The lowest BCUT2D eigenvalue weighted by Gasteiger charge is -2.25. The fraction of sp³-hybridized carbons (Fsp3) is 0.462. The fourth-order valence-electron chi connectivity index (χ4n) is 1.73. The molecule has 2 rings (SSSR count). The molecule has 1 aromatic rings. The maximum absolute atomic E-state index is 11.5. The molecule has 0 bridgehead atoms. The van der Waals surface area contributed by atoms with Crippen LogP contribution >= 0.6 is 0 Å². The van der Waals surface area contributed by atoms with Gasteiger partial charge in [-0.2, -0.15) is 0 Å². The van der Waals surface area contributed by atoms with Crippen molar-refractivity contribution in [3.63, 3.8) is 0 Å². The summed E-state index contributed by atoms with van der Waals surface area (Å²) >= 11 is 0. The molecule has 3 heteroatoms. The largest absolute Gasteiger partial charge is 0.462 e. The molecule has 0 atom stereocenters. The van der Waals surface area contributed by atoms with Gasteiger partial charge in [-0.1, -0.05) is 18.2 Å². The average molecular weight is 219 g/mol. The van der Waals surface area contributed by atoms with E-state index in [1.807, 2.05) is 24.3 Å². The van der Waals surface area contributed by atoms with E-state index >= 15 is 0 Å². The first-order chi connectivity index (χ1) is 7.75. The van der Waals surface area contributed by atoms with E-state index in [9.17, 15) is 4.79 Å². The third-order valence-corrected chi connectivity index (χ3v) is 3.00. The first-order valence-electron chi connectivity index (χ1n) is 5.78. The highest BCUT2D eigenvalue weighted by molar-refractivity contribution is 5.70. The number of hydrogen-bond donors (Lipinski definition) is 1. The summed E-state index contributed by atoms with van der Waals surface area (Å²) in [5, 5.41) is 0. The molecule has 0 heterocycles. The van der Waals surface area contributed by atoms with E-state index < -0.39 is 0 Å². The van der Waals surface area contributed by atoms with E-state index in [2.05, 4.69) is 0 Å². The summed E-state index contributed by atoms with van der Waals surface area (Å²) in [7, 11) is 0. The van der Waals surface area contributed by atoms with Gasteiger partial charge < -0.3 is 10.5 Å². The molecule has 2 N–H and O–H groups in total. The van der Waals surface area contributed by atoms with Crippen LogP contribution in [0, 0.1) is 0 Å². The Morgan fingerprint density at radius 2 is 2.12 bits per heavy atom. The number of esters is 1. The summed E-state index contributed by atoms with van der Waals surface area (Å²) in [6.45, 7) is 0. The Kier molecular flexibility index (Phi) is 3.44. The molecule has 0 spiro atoms. The van der Waals surface area contributed by atoms with E-state index in [1.54, 1.807) is 0 Å². The maximum atomic E-state index is 11.5. The van der Waals surface area contributed by atoms with Gasteiger partial charge in [0.1, 0.15) is 6.10 Å². The van der Waals surface area contributed by atoms with Crippen LogP contribution in [0.4, 0.5) is 5.69 Å². The highest BCUT2D eigenvalue weighted by atomic mass is 16.5. The zero-order valence-corrected chi connectivity index (χ0v) is 9.32. The van der Waals surface area contributed by atoms with Gasteiger partial charge in [-0.3, -0.25) is 4.79 Å². The molecular formula is C13H17NO2. The molecule has 0 radical (unpaired) electrons. The Morgan fingerprint density at radius 3 is 2.75 bits per heavy atom. The molecule has 1 fully saturated rings. The molecule has 16 heavy (non-hydrogen) atoms. The molecule has 0 aromatic heterocycles. The van der Waals surface area contributed by atoms with Crippen LogP contribution in [0.25, 0.3) is 0 Å². The van der Waals surface area contributed by atoms with E-state index in [-0.39, 0.29) is 12.1 Å². The number of nitrogens with two attached hydrogens (primary N) is 1. The molecular weight excluding hydrogens is 202 g/mol. The SMILES string of the molecule is Nc1ccccc1CCC(=O)OC1CCC1. The zero-order valence-electron chi connectivity index (χ0n) is 9.32. The van der Waals surface area contributed by atoms with Crippen molar-refractivity contribution in [2.75, 3.05) is 5.73 Å². The molecule has 0 unspecified atom stereocenters. The summed E-state index contributed by atoms with van der Waals surface area (Å²) in [6, 6.07) is 7.63. The summed E-state index contributed by atoms with van der Waals surface area (Å²) in [5.41, 5.74) is 7.56. The lowest BCUT2D eigenvalue weighted by Crippen LogP contribution is -2.25. The van der Waals surface area contributed by atoms with Gasteiger partial charge in [-0.15, -0.1) is 0 Å². The predicted octanol–water partition coefficient (Wildman–Crippen LogP) is 2.30. The zero-order chi connectivity index (χ0) is 11.4. The van der Waals surface area contributed by atoms with Gasteiger partial charge in [0, 0.05) is 12.1 Å². The van der Waals surface area contributed by atoms with Gasteiger partial charge in [-0.25, -0.2) is 0 Å². The molecule has 1 aliphatic rings. The highest BCUT2D eigenvalue weighted by Crippen LogP contribution is 2.22. The van der Waals surface area contributed by atoms with Crippen molar-refractivity contribution in [2.24, 2.45) is 0 Å². The van der Waals surface area contributed by atoms with Crippen LogP contribution in [0.3, 0.4) is 0 Å². The second-order valence-corrected chi connectivity index (χ2v) is 4.24. The van der Waals surface area contributed by atoms with Crippen molar-refractivity contribution < 1.29 is 9.53 Å². The Hall–Kier alpha value is -1.51. The topological polar surface area (TPSA) is 52.3 Å². The van der Waals surface area contributed by atoms with Gasteiger partial charge in [0.2, 0.25) is 0 Å². The van der Waals surface area contributed by atoms with Crippen LogP contribution in [-0.2, 0) is 16.0 Å². The number of ether oxygens (including phenoxy) is 1. The minimum Gasteiger partial charge on any atom is -0.462 e. The Bertz CT molecular complexity index is 372. The van der Waals surface area contributed by atoms with Crippen molar-refractivity contribution in [2.45, 2.75) is 38.2 Å². The Morgan fingerprint density at radius 1 is 1.38 bits per heavy atom. The number of rotatable bonds is 4. The average Bonchev–Trinajstić information content (AvgIpc) is 2.22. The van der Waals surface area contributed by atoms with Crippen molar-refractivity contribution in [1.29, 1.82) is 0 Å². The number of carbonyl (C=O) groups is 1. The second kappa shape index (κ2) is 5.01. The lowest BCUT2D eigenvalue weighted by molar-refractivity contribution is -0.152. The van der Waals surface area contributed by atoms with E-state index in [4.69, 9.17) is 10.5 Å². The molecule has 3 nitrogen and oxygen atoms in total. The van der Waals surface area contributed by atoms with Crippen molar-refractivity contribution in [3.8, 4) is 0 Å². The number of aryl methyl sites for hydroxylation is 1. The minimum absolute atomic E-state index is 0.104. The van der Waals surface area contributed by atoms with Crippen LogP contribution in [0.1, 0.15) is 31.2 Å². The fourth-order valence-corrected chi connectivity index (χ4v) is 1.73. The summed E-state index contributed by atoms with van der Waals surface area (Å²) < 4.78 is 5.27. The van der Waals surface area contributed by atoms with Crippen molar-refractivity contribution >= 4 is 11.7 Å². The van der Waals surface area contributed by atoms with Crippen LogP contribution in [0.15, 0.2) is 24.3 Å². The van der Waals surface area contributed by atoms with Gasteiger partial charge in [0.25, 0.3) is 0 Å². The molecule has 1 saturated carbocycles. The molecule has 0 saturated heterocycles. The van der Waals surface area contributed by atoms with E-state index in [1.165, 1.54) is 6.42 Å². The molecule has 1 aromatic carbocycles. The third kappa shape index (κ3) is 2.75. The number of anilines is 1. The number of para-hydroxylation sites is 1. The smallest absolute Gasteiger partial charge is 0.306 e. The second-order valence-electron chi connectivity index (χ2n) is 4.24. The van der Waals surface area contributed by atoms with Crippen LogP contribution in [-0.4, -0.2) is 12.1 Å². The molecule has 0 aliphatic heterocycles. The Balaban J connectivity index is 1.78. The molecule has 86 valence electrons. The van der Waals surface area contributed by atoms with E-state index in [0.29, 0.717) is 12.8 Å². The predicted molar refractivity (Wildman–Crippen MR) is 62.9 cm³/mol. The van der Waals surface area contributed by atoms with Crippen LogP contribution < -0.4 is 5.73 Å². The Labute approximate surface area is 95.6 Å². The first kappa shape index (κ1) is 11.0. The first-order valence-corrected chi connectivity index (χ1v) is 5.78. The van der Waals surface area contributed by atoms with Gasteiger partial charge in [0.05, 0.1) is 0 Å².